The molecular weight excluding hydrogens is 362 g/mol. The van der Waals surface area contributed by atoms with Gasteiger partial charge in [-0.1, -0.05) is 45.0 Å². The third-order valence-corrected chi connectivity index (χ3v) is 4.91. The van der Waals surface area contributed by atoms with Crippen LogP contribution in [0.15, 0.2) is 48.5 Å². The number of aromatic nitrogens is 1. The van der Waals surface area contributed by atoms with Gasteiger partial charge in [-0.05, 0) is 49.2 Å². The van der Waals surface area contributed by atoms with Crippen molar-refractivity contribution < 1.29 is 9.59 Å². The Morgan fingerprint density at radius 1 is 0.931 bits per heavy atom. The Morgan fingerprint density at radius 3 is 2.28 bits per heavy atom. The molecule has 1 heterocycles. The van der Waals surface area contributed by atoms with E-state index in [4.69, 9.17) is 0 Å². The van der Waals surface area contributed by atoms with Crippen LogP contribution in [-0.2, 0) is 16.0 Å². The van der Waals surface area contributed by atoms with E-state index in [-0.39, 0.29) is 18.2 Å². The third-order valence-electron chi connectivity index (χ3n) is 4.91. The van der Waals surface area contributed by atoms with Gasteiger partial charge in [0, 0.05) is 27.9 Å². The highest BCUT2D eigenvalue weighted by atomic mass is 16.2. The molecule has 0 radical (unpaired) electrons. The Kier molecular flexibility index (Phi) is 5.69. The monoisotopic (exact) mass is 389 g/mol. The Balaban J connectivity index is 1.76. The Hall–Kier alpha value is -3.21. The normalized spacial score (nSPS) is 11.3. The Morgan fingerprint density at radius 2 is 1.59 bits per heavy atom. The van der Waals surface area contributed by atoms with Crippen molar-refractivity contribution in [3.05, 3.63) is 65.4 Å². The molecule has 5 nitrogen and oxygen atoms in total. The minimum atomic E-state index is -0.489. The Labute approximate surface area is 171 Å². The summed E-state index contributed by atoms with van der Waals surface area (Å²) in [6.45, 7) is 9.54. The summed E-state index contributed by atoms with van der Waals surface area (Å²) in [7, 11) is 0. The molecule has 0 aliphatic heterocycles. The standard InChI is InChI=1S/C24H27N3O2/c1-15-19-11-6-7-12-21(19)25-16(2)20(15)14-22(28)26-17-9-8-10-18(13-17)27-23(29)24(3,4)5/h6-13H,14H2,1-5H3,(H,26,28)(H,27,29). The van der Waals surface area contributed by atoms with Crippen LogP contribution >= 0.6 is 0 Å². The molecule has 3 aromatic rings. The van der Waals surface area contributed by atoms with Crippen LogP contribution in [0.5, 0.6) is 0 Å². The summed E-state index contributed by atoms with van der Waals surface area (Å²) < 4.78 is 0. The fourth-order valence-corrected chi connectivity index (χ4v) is 3.19. The summed E-state index contributed by atoms with van der Waals surface area (Å²) in [6.07, 6.45) is 0.244. The number of rotatable bonds is 4. The predicted octanol–water partition coefficient (Wildman–Crippen LogP) is 5.02. The van der Waals surface area contributed by atoms with E-state index in [0.29, 0.717) is 11.4 Å². The average Bonchev–Trinajstić information content (AvgIpc) is 2.64. The van der Waals surface area contributed by atoms with Crippen LogP contribution in [0.3, 0.4) is 0 Å². The van der Waals surface area contributed by atoms with Crippen LogP contribution in [0.1, 0.15) is 37.6 Å². The number of aryl methyl sites for hydroxylation is 2. The van der Waals surface area contributed by atoms with Gasteiger partial charge in [0.25, 0.3) is 0 Å². The number of amides is 2. The van der Waals surface area contributed by atoms with Crippen molar-refractivity contribution in [3.8, 4) is 0 Å². The van der Waals surface area contributed by atoms with Crippen molar-refractivity contribution in [1.29, 1.82) is 0 Å². The quantitative estimate of drug-likeness (QED) is 0.658. The number of nitrogens with one attached hydrogen (secondary N) is 2. The lowest BCUT2D eigenvalue weighted by molar-refractivity contribution is -0.123. The number of para-hydroxylation sites is 1. The molecule has 0 aliphatic rings. The van der Waals surface area contributed by atoms with Crippen LogP contribution in [0, 0.1) is 19.3 Å². The number of benzene rings is 2. The first kappa shape index (κ1) is 20.5. The van der Waals surface area contributed by atoms with Gasteiger partial charge in [0.2, 0.25) is 11.8 Å². The lowest BCUT2D eigenvalue weighted by Gasteiger charge is -2.18. The SMILES string of the molecule is Cc1nc2ccccc2c(C)c1CC(=O)Nc1cccc(NC(=O)C(C)(C)C)c1. The molecule has 0 saturated heterocycles. The predicted molar refractivity (Wildman–Crippen MR) is 118 cm³/mol. The smallest absolute Gasteiger partial charge is 0.229 e. The van der Waals surface area contributed by atoms with E-state index in [9.17, 15) is 9.59 Å². The van der Waals surface area contributed by atoms with Crippen LogP contribution in [-0.4, -0.2) is 16.8 Å². The first-order valence-corrected chi connectivity index (χ1v) is 9.71. The van der Waals surface area contributed by atoms with Gasteiger partial charge in [0.15, 0.2) is 0 Å². The van der Waals surface area contributed by atoms with Gasteiger partial charge in [-0.15, -0.1) is 0 Å². The summed E-state index contributed by atoms with van der Waals surface area (Å²) in [6, 6.07) is 15.1. The molecule has 3 rings (SSSR count). The van der Waals surface area contributed by atoms with Crippen molar-refractivity contribution >= 4 is 34.1 Å². The highest BCUT2D eigenvalue weighted by Crippen LogP contribution is 2.24. The van der Waals surface area contributed by atoms with Crippen molar-refractivity contribution in [2.24, 2.45) is 5.41 Å². The van der Waals surface area contributed by atoms with E-state index in [2.05, 4.69) is 15.6 Å². The second-order valence-electron chi connectivity index (χ2n) is 8.33. The van der Waals surface area contributed by atoms with Crippen molar-refractivity contribution in [2.75, 3.05) is 10.6 Å². The number of fused-ring (bicyclic) bond motifs is 1. The topological polar surface area (TPSA) is 71.1 Å². The molecule has 0 spiro atoms. The molecule has 2 N–H and O–H groups in total. The second kappa shape index (κ2) is 8.03. The van der Waals surface area contributed by atoms with E-state index < -0.39 is 5.41 Å². The van der Waals surface area contributed by atoms with E-state index in [1.807, 2.05) is 71.0 Å². The molecule has 1 aromatic heterocycles. The lowest BCUT2D eigenvalue weighted by atomic mass is 9.95. The van der Waals surface area contributed by atoms with Crippen molar-refractivity contribution in [3.63, 3.8) is 0 Å². The molecule has 150 valence electrons. The van der Waals surface area contributed by atoms with E-state index >= 15 is 0 Å². The molecule has 0 atom stereocenters. The van der Waals surface area contributed by atoms with Crippen LogP contribution in [0.2, 0.25) is 0 Å². The molecule has 0 aliphatic carbocycles. The molecule has 0 bridgehead atoms. The van der Waals surface area contributed by atoms with Gasteiger partial charge in [0.05, 0.1) is 11.9 Å². The molecule has 0 unspecified atom stereocenters. The van der Waals surface area contributed by atoms with Gasteiger partial charge in [0.1, 0.15) is 0 Å². The molecule has 5 heteroatoms. The van der Waals surface area contributed by atoms with Gasteiger partial charge >= 0.3 is 0 Å². The molecule has 0 fully saturated rings. The Bertz CT molecular complexity index is 1080. The van der Waals surface area contributed by atoms with Crippen molar-refractivity contribution in [2.45, 2.75) is 41.0 Å². The lowest BCUT2D eigenvalue weighted by Crippen LogP contribution is -2.27. The zero-order valence-corrected chi connectivity index (χ0v) is 17.6. The second-order valence-corrected chi connectivity index (χ2v) is 8.33. The third kappa shape index (κ3) is 4.80. The minimum Gasteiger partial charge on any atom is -0.326 e. The number of anilines is 2. The zero-order valence-electron chi connectivity index (χ0n) is 17.6. The average molecular weight is 389 g/mol. The number of carbonyl (C=O) groups is 2. The first-order chi connectivity index (χ1) is 13.6. The molecular formula is C24H27N3O2. The van der Waals surface area contributed by atoms with Gasteiger partial charge in [-0.25, -0.2) is 0 Å². The van der Waals surface area contributed by atoms with Gasteiger partial charge in [-0.2, -0.15) is 0 Å². The number of hydrogen-bond donors (Lipinski definition) is 2. The van der Waals surface area contributed by atoms with Crippen molar-refractivity contribution in [1.82, 2.24) is 4.98 Å². The van der Waals surface area contributed by atoms with Gasteiger partial charge < -0.3 is 10.6 Å². The number of carbonyl (C=O) groups excluding carboxylic acids is 2. The summed E-state index contributed by atoms with van der Waals surface area (Å²) in [5.74, 6) is -0.193. The minimum absolute atomic E-state index is 0.0746. The van der Waals surface area contributed by atoms with E-state index in [1.54, 1.807) is 12.1 Å². The van der Waals surface area contributed by atoms with Crippen LogP contribution < -0.4 is 10.6 Å². The van der Waals surface area contributed by atoms with Gasteiger partial charge in [-0.3, -0.25) is 14.6 Å². The maximum atomic E-state index is 12.7. The maximum Gasteiger partial charge on any atom is 0.229 e. The molecule has 2 aromatic carbocycles. The fourth-order valence-electron chi connectivity index (χ4n) is 3.19. The first-order valence-electron chi connectivity index (χ1n) is 9.71. The molecule has 2 amide bonds. The van der Waals surface area contributed by atoms with E-state index in [1.165, 1.54) is 0 Å². The highest BCUT2D eigenvalue weighted by molar-refractivity contribution is 5.97. The summed E-state index contributed by atoms with van der Waals surface area (Å²) in [4.78, 5) is 29.5. The largest absolute Gasteiger partial charge is 0.326 e. The van der Waals surface area contributed by atoms with Crippen LogP contribution in [0.4, 0.5) is 11.4 Å². The fraction of sp³-hybridized carbons (Fsp3) is 0.292. The number of nitrogens with zero attached hydrogens (tertiary/aromatic N) is 1. The summed E-state index contributed by atoms with van der Waals surface area (Å²) in [5, 5.41) is 6.87. The molecule has 29 heavy (non-hydrogen) atoms. The van der Waals surface area contributed by atoms with Crippen LogP contribution in [0.25, 0.3) is 10.9 Å². The molecule has 0 saturated carbocycles. The summed E-state index contributed by atoms with van der Waals surface area (Å²) in [5.41, 5.74) is 4.63. The number of hydrogen-bond acceptors (Lipinski definition) is 3. The number of pyridine rings is 1. The summed E-state index contributed by atoms with van der Waals surface area (Å²) >= 11 is 0. The van der Waals surface area contributed by atoms with E-state index in [0.717, 1.165) is 27.7 Å². The zero-order chi connectivity index (χ0) is 21.2. The maximum absolute atomic E-state index is 12.7. The highest BCUT2D eigenvalue weighted by Gasteiger charge is 2.21.